The van der Waals surface area contributed by atoms with Gasteiger partial charge in [-0.05, 0) is 18.2 Å². The van der Waals surface area contributed by atoms with E-state index >= 15 is 0 Å². The zero-order valence-corrected chi connectivity index (χ0v) is 11.0. The molecule has 3 rings (SSSR count). The number of aryl methyl sites for hydroxylation is 1. The highest BCUT2D eigenvalue weighted by molar-refractivity contribution is 6.30. The summed E-state index contributed by atoms with van der Waals surface area (Å²) in [5.74, 6) is -0.0143. The topological polar surface area (TPSA) is 86.4 Å². The maximum atomic E-state index is 12.3. The van der Waals surface area contributed by atoms with Crippen molar-refractivity contribution in [3.63, 3.8) is 0 Å². The molecular weight excluding hydrogens is 286 g/mol. The number of carboxylic acid groups (broad SMARTS) is 1. The number of carboxylic acids is 1. The number of nitrogens with zero attached hydrogens (tertiary/aromatic N) is 3. The molecule has 20 heavy (non-hydrogen) atoms. The van der Waals surface area contributed by atoms with Gasteiger partial charge in [0.15, 0.2) is 5.82 Å². The van der Waals surface area contributed by atoms with Gasteiger partial charge in [-0.3, -0.25) is 4.79 Å². The van der Waals surface area contributed by atoms with Crippen molar-refractivity contribution in [2.45, 2.75) is 19.6 Å². The SMILES string of the molecule is O=C(O)CCn1nc2n(c1=O)-c1cc(Cl)ccc1OC2. The summed E-state index contributed by atoms with van der Waals surface area (Å²) in [5, 5.41) is 13.2. The number of halogens is 1. The molecule has 1 aliphatic heterocycles. The summed E-state index contributed by atoms with van der Waals surface area (Å²) in [4.78, 5) is 22.9. The van der Waals surface area contributed by atoms with Crippen LogP contribution in [0.5, 0.6) is 5.75 Å². The summed E-state index contributed by atoms with van der Waals surface area (Å²) in [6, 6.07) is 4.97. The normalized spacial score (nSPS) is 12.4. The standard InChI is InChI=1S/C12H10ClN3O4/c13-7-1-2-9-8(5-7)16-10(6-20-9)14-15(12(16)19)4-3-11(17)18/h1-2,5H,3-4,6H2,(H,17,18). The predicted molar refractivity (Wildman–Crippen MR) is 69.4 cm³/mol. The molecule has 0 spiro atoms. The molecule has 8 heteroatoms. The molecule has 1 aromatic heterocycles. The highest BCUT2D eigenvalue weighted by Gasteiger charge is 2.23. The Balaban J connectivity index is 2.08. The second kappa shape index (κ2) is 4.68. The number of carbonyl (C=O) groups is 1. The van der Waals surface area contributed by atoms with Gasteiger partial charge in [-0.2, -0.15) is 5.10 Å². The second-order valence-electron chi connectivity index (χ2n) is 4.30. The molecule has 0 amide bonds. The van der Waals surface area contributed by atoms with Crippen LogP contribution in [0.1, 0.15) is 12.2 Å². The van der Waals surface area contributed by atoms with Gasteiger partial charge in [0.1, 0.15) is 12.4 Å². The molecule has 0 fully saturated rings. The molecule has 0 bridgehead atoms. The first-order chi connectivity index (χ1) is 9.56. The van der Waals surface area contributed by atoms with E-state index < -0.39 is 11.7 Å². The third-order valence-corrected chi connectivity index (χ3v) is 3.20. The van der Waals surface area contributed by atoms with E-state index in [-0.39, 0.29) is 19.6 Å². The number of ether oxygens (including phenoxy) is 1. The van der Waals surface area contributed by atoms with Crippen LogP contribution in [-0.2, 0) is 17.9 Å². The van der Waals surface area contributed by atoms with E-state index in [1.165, 1.54) is 4.57 Å². The molecule has 0 saturated carbocycles. The van der Waals surface area contributed by atoms with Crippen LogP contribution in [0, 0.1) is 0 Å². The van der Waals surface area contributed by atoms with Gasteiger partial charge in [0.05, 0.1) is 18.7 Å². The van der Waals surface area contributed by atoms with Gasteiger partial charge in [0.2, 0.25) is 0 Å². The molecule has 2 heterocycles. The van der Waals surface area contributed by atoms with Gasteiger partial charge in [0, 0.05) is 5.02 Å². The van der Waals surface area contributed by atoms with Crippen molar-refractivity contribution in [3.05, 3.63) is 39.5 Å². The zero-order valence-electron chi connectivity index (χ0n) is 10.2. The molecule has 0 radical (unpaired) electrons. The Morgan fingerprint density at radius 1 is 1.50 bits per heavy atom. The number of aliphatic carboxylic acids is 1. The van der Waals surface area contributed by atoms with Gasteiger partial charge in [-0.25, -0.2) is 14.0 Å². The van der Waals surface area contributed by atoms with Crippen LogP contribution >= 0.6 is 11.6 Å². The summed E-state index contributed by atoms with van der Waals surface area (Å²) in [7, 11) is 0. The van der Waals surface area contributed by atoms with Crippen LogP contribution in [0.3, 0.4) is 0 Å². The van der Waals surface area contributed by atoms with E-state index in [0.29, 0.717) is 22.3 Å². The lowest BCUT2D eigenvalue weighted by atomic mass is 10.2. The average Bonchev–Trinajstić information content (AvgIpc) is 2.73. The van der Waals surface area contributed by atoms with Crippen LogP contribution in [0.25, 0.3) is 5.69 Å². The van der Waals surface area contributed by atoms with Gasteiger partial charge in [0.25, 0.3) is 0 Å². The van der Waals surface area contributed by atoms with Crippen molar-refractivity contribution in [2.24, 2.45) is 0 Å². The fourth-order valence-electron chi connectivity index (χ4n) is 2.06. The molecule has 0 aliphatic carbocycles. The Kier molecular flexibility index (Phi) is 2.98. The van der Waals surface area contributed by atoms with Crippen LogP contribution in [0.15, 0.2) is 23.0 Å². The minimum atomic E-state index is -0.984. The number of aromatic nitrogens is 3. The Morgan fingerprint density at radius 2 is 2.30 bits per heavy atom. The maximum absolute atomic E-state index is 12.3. The highest BCUT2D eigenvalue weighted by Crippen LogP contribution is 2.30. The maximum Gasteiger partial charge on any atom is 0.350 e. The first-order valence-electron chi connectivity index (χ1n) is 5.89. The Morgan fingerprint density at radius 3 is 3.05 bits per heavy atom. The van der Waals surface area contributed by atoms with Crippen LogP contribution in [0.2, 0.25) is 5.02 Å². The lowest BCUT2D eigenvalue weighted by Crippen LogP contribution is -2.27. The van der Waals surface area contributed by atoms with Crippen molar-refractivity contribution < 1.29 is 14.6 Å². The number of hydrogen-bond acceptors (Lipinski definition) is 4. The van der Waals surface area contributed by atoms with E-state index in [4.69, 9.17) is 21.4 Å². The van der Waals surface area contributed by atoms with Gasteiger partial charge in [-0.1, -0.05) is 11.6 Å². The van der Waals surface area contributed by atoms with Crippen molar-refractivity contribution in [1.82, 2.24) is 14.3 Å². The first-order valence-corrected chi connectivity index (χ1v) is 6.27. The largest absolute Gasteiger partial charge is 0.483 e. The third-order valence-electron chi connectivity index (χ3n) is 2.96. The number of fused-ring (bicyclic) bond motifs is 3. The van der Waals surface area contributed by atoms with Crippen molar-refractivity contribution >= 4 is 17.6 Å². The highest BCUT2D eigenvalue weighted by atomic mass is 35.5. The minimum absolute atomic E-state index is 0.0179. The van der Waals surface area contributed by atoms with E-state index in [1.54, 1.807) is 18.2 Å². The quantitative estimate of drug-likeness (QED) is 0.915. The van der Waals surface area contributed by atoms with E-state index in [9.17, 15) is 9.59 Å². The fourth-order valence-corrected chi connectivity index (χ4v) is 2.23. The Labute approximate surface area is 118 Å². The number of hydrogen-bond donors (Lipinski definition) is 1. The number of benzene rings is 1. The zero-order chi connectivity index (χ0) is 14.3. The molecule has 2 aromatic rings. The van der Waals surface area contributed by atoms with Crippen molar-refractivity contribution in [2.75, 3.05) is 0 Å². The smallest absolute Gasteiger partial charge is 0.350 e. The van der Waals surface area contributed by atoms with Crippen molar-refractivity contribution in [1.29, 1.82) is 0 Å². The molecule has 7 nitrogen and oxygen atoms in total. The molecular formula is C12H10ClN3O4. The Hall–Kier alpha value is -2.28. The lowest BCUT2D eigenvalue weighted by molar-refractivity contribution is -0.137. The summed E-state index contributed by atoms with van der Waals surface area (Å²) < 4.78 is 8.01. The molecule has 0 atom stereocenters. The molecule has 1 aliphatic rings. The monoisotopic (exact) mass is 295 g/mol. The first kappa shape index (κ1) is 12.7. The summed E-state index contributed by atoms with van der Waals surface area (Å²) in [5.41, 5.74) is 0.124. The molecule has 0 unspecified atom stereocenters. The molecule has 1 N–H and O–H groups in total. The van der Waals surface area contributed by atoms with Gasteiger partial charge < -0.3 is 9.84 Å². The van der Waals surface area contributed by atoms with E-state index in [2.05, 4.69) is 5.10 Å². The number of rotatable bonds is 3. The fraction of sp³-hybridized carbons (Fsp3) is 0.250. The van der Waals surface area contributed by atoms with Crippen molar-refractivity contribution in [3.8, 4) is 11.4 Å². The second-order valence-corrected chi connectivity index (χ2v) is 4.74. The average molecular weight is 296 g/mol. The lowest BCUT2D eigenvalue weighted by Gasteiger charge is -2.17. The predicted octanol–water partition coefficient (Wildman–Crippen LogP) is 1.05. The van der Waals surface area contributed by atoms with E-state index in [0.717, 1.165) is 4.68 Å². The van der Waals surface area contributed by atoms with Gasteiger partial charge >= 0.3 is 11.7 Å². The summed E-state index contributed by atoms with van der Waals surface area (Å²) in [6.07, 6.45) is -0.167. The Bertz CT molecular complexity index is 750. The molecule has 0 saturated heterocycles. The summed E-state index contributed by atoms with van der Waals surface area (Å²) in [6.45, 7) is 0.175. The van der Waals surface area contributed by atoms with Gasteiger partial charge in [-0.15, -0.1) is 0 Å². The minimum Gasteiger partial charge on any atom is -0.483 e. The molecule has 104 valence electrons. The van der Waals surface area contributed by atoms with Crippen LogP contribution in [0.4, 0.5) is 0 Å². The summed E-state index contributed by atoms with van der Waals surface area (Å²) >= 11 is 5.93. The van der Waals surface area contributed by atoms with Crippen LogP contribution in [-0.4, -0.2) is 25.4 Å². The third kappa shape index (κ3) is 2.05. The van der Waals surface area contributed by atoms with Crippen LogP contribution < -0.4 is 10.4 Å². The van der Waals surface area contributed by atoms with E-state index in [1.807, 2.05) is 0 Å². The molecule has 1 aromatic carbocycles.